The quantitative estimate of drug-likeness (QED) is 0.595. The van der Waals surface area contributed by atoms with Crippen molar-refractivity contribution in [2.75, 3.05) is 32.5 Å². The first-order valence-electron chi connectivity index (χ1n) is 6.50. The van der Waals surface area contributed by atoms with Crippen LogP contribution in [0.15, 0.2) is 27.6 Å². The molecule has 1 aliphatic rings. The van der Waals surface area contributed by atoms with Gasteiger partial charge in [-0.15, -0.1) is 0 Å². The summed E-state index contributed by atoms with van der Waals surface area (Å²) in [5.41, 5.74) is 6.14. The molecule has 2 N–H and O–H groups in total. The number of benzene rings is 1. The number of hydrogen-bond donors (Lipinski definition) is 1. The lowest BCUT2D eigenvalue weighted by Crippen LogP contribution is -2.30. The highest BCUT2D eigenvalue weighted by Gasteiger charge is 2.24. The summed E-state index contributed by atoms with van der Waals surface area (Å²) in [5, 5.41) is 0. The van der Waals surface area contributed by atoms with Crippen LogP contribution in [0, 0.1) is 5.92 Å². The van der Waals surface area contributed by atoms with Crippen molar-refractivity contribution in [1.29, 1.82) is 0 Å². The summed E-state index contributed by atoms with van der Waals surface area (Å²) < 4.78 is 32.1. The topological polar surface area (TPSA) is 72.6 Å². The number of nitrogens with two attached hydrogens (primary N) is 1. The van der Waals surface area contributed by atoms with Crippen molar-refractivity contribution in [1.82, 2.24) is 4.31 Å². The van der Waals surface area contributed by atoms with E-state index in [1.54, 1.807) is 19.2 Å². The van der Waals surface area contributed by atoms with Crippen molar-refractivity contribution in [2.24, 2.45) is 5.92 Å². The molecule has 112 valence electrons. The van der Waals surface area contributed by atoms with Crippen LogP contribution in [0.3, 0.4) is 0 Å². The third kappa shape index (κ3) is 3.94. The van der Waals surface area contributed by atoms with E-state index in [2.05, 4.69) is 15.9 Å². The maximum atomic E-state index is 12.4. The predicted molar refractivity (Wildman–Crippen MR) is 81.9 cm³/mol. The van der Waals surface area contributed by atoms with E-state index in [0.29, 0.717) is 29.2 Å². The SMILES string of the molecule is CN(CCOCC1CC1)S(=O)(=O)c1ccc(N)cc1Br. The Morgan fingerprint density at radius 1 is 1.45 bits per heavy atom. The molecule has 1 aromatic rings. The fourth-order valence-corrected chi connectivity index (χ4v) is 3.95. The summed E-state index contributed by atoms with van der Waals surface area (Å²) in [4.78, 5) is 0.219. The Morgan fingerprint density at radius 2 is 2.15 bits per heavy atom. The first kappa shape index (κ1) is 15.8. The molecule has 0 atom stereocenters. The summed E-state index contributed by atoms with van der Waals surface area (Å²) in [5.74, 6) is 0.683. The summed E-state index contributed by atoms with van der Waals surface area (Å²) in [6.45, 7) is 1.49. The lowest BCUT2D eigenvalue weighted by molar-refractivity contribution is 0.117. The molecule has 0 saturated heterocycles. The zero-order chi connectivity index (χ0) is 14.8. The molecule has 1 aliphatic carbocycles. The Hall–Kier alpha value is -0.630. The van der Waals surface area contributed by atoms with E-state index in [0.717, 1.165) is 6.61 Å². The third-order valence-corrected chi connectivity index (χ3v) is 6.08. The Balaban J connectivity index is 1.96. The van der Waals surface area contributed by atoms with Gasteiger partial charge < -0.3 is 10.5 Å². The first-order valence-corrected chi connectivity index (χ1v) is 8.73. The number of nitrogen functional groups attached to an aromatic ring is 1. The molecule has 0 spiro atoms. The molecule has 0 aromatic heterocycles. The fraction of sp³-hybridized carbons (Fsp3) is 0.538. The van der Waals surface area contributed by atoms with E-state index in [4.69, 9.17) is 10.5 Å². The zero-order valence-corrected chi connectivity index (χ0v) is 13.8. The minimum Gasteiger partial charge on any atom is -0.399 e. The first-order chi connectivity index (χ1) is 9.41. The molecule has 1 aromatic carbocycles. The van der Waals surface area contributed by atoms with Gasteiger partial charge in [-0.05, 0) is 52.9 Å². The van der Waals surface area contributed by atoms with Crippen molar-refractivity contribution in [3.05, 3.63) is 22.7 Å². The van der Waals surface area contributed by atoms with Crippen LogP contribution in [0.25, 0.3) is 0 Å². The van der Waals surface area contributed by atoms with Crippen LogP contribution in [0.5, 0.6) is 0 Å². The Bertz CT molecular complexity index is 573. The molecule has 0 heterocycles. The normalized spacial score (nSPS) is 15.8. The highest BCUT2D eigenvalue weighted by molar-refractivity contribution is 9.10. The van der Waals surface area contributed by atoms with Gasteiger partial charge in [-0.2, -0.15) is 4.31 Å². The molecule has 0 bridgehead atoms. The Kier molecular flexibility index (Phi) is 5.06. The number of sulfonamides is 1. The summed E-state index contributed by atoms with van der Waals surface area (Å²) in [6, 6.07) is 4.68. The fourth-order valence-electron chi connectivity index (χ4n) is 1.74. The van der Waals surface area contributed by atoms with Gasteiger partial charge in [0.25, 0.3) is 0 Å². The van der Waals surface area contributed by atoms with Gasteiger partial charge in [0.15, 0.2) is 0 Å². The Labute approximate surface area is 128 Å². The minimum atomic E-state index is -3.52. The van der Waals surface area contributed by atoms with Gasteiger partial charge in [-0.3, -0.25) is 0 Å². The highest BCUT2D eigenvalue weighted by Crippen LogP contribution is 2.29. The molecule has 0 unspecified atom stereocenters. The number of anilines is 1. The number of hydrogen-bond acceptors (Lipinski definition) is 4. The smallest absolute Gasteiger partial charge is 0.244 e. The number of halogens is 1. The number of nitrogens with zero attached hydrogens (tertiary/aromatic N) is 1. The molecule has 20 heavy (non-hydrogen) atoms. The van der Waals surface area contributed by atoms with Crippen molar-refractivity contribution in [3.8, 4) is 0 Å². The van der Waals surface area contributed by atoms with Crippen LogP contribution in [0.4, 0.5) is 5.69 Å². The van der Waals surface area contributed by atoms with Crippen LogP contribution in [0.1, 0.15) is 12.8 Å². The van der Waals surface area contributed by atoms with Gasteiger partial charge in [-0.1, -0.05) is 0 Å². The average molecular weight is 363 g/mol. The van der Waals surface area contributed by atoms with Crippen molar-refractivity contribution >= 4 is 31.6 Å². The van der Waals surface area contributed by atoms with Gasteiger partial charge in [0.1, 0.15) is 0 Å². The molecule has 1 saturated carbocycles. The molecule has 0 aliphatic heterocycles. The van der Waals surface area contributed by atoms with E-state index >= 15 is 0 Å². The standard InChI is InChI=1S/C13H19BrN2O3S/c1-16(6-7-19-9-10-2-3-10)20(17,18)13-5-4-11(15)8-12(13)14/h4-5,8,10H,2-3,6-7,9,15H2,1H3. The minimum absolute atomic E-state index is 0.219. The van der Waals surface area contributed by atoms with Gasteiger partial charge in [0.05, 0.1) is 11.5 Å². The van der Waals surface area contributed by atoms with Crippen molar-refractivity contribution in [3.63, 3.8) is 0 Å². The van der Waals surface area contributed by atoms with Gasteiger partial charge >= 0.3 is 0 Å². The summed E-state index contributed by atoms with van der Waals surface area (Å²) in [6.07, 6.45) is 2.46. The lowest BCUT2D eigenvalue weighted by atomic mass is 10.3. The van der Waals surface area contributed by atoms with E-state index in [1.165, 1.54) is 23.2 Å². The summed E-state index contributed by atoms with van der Waals surface area (Å²) >= 11 is 3.24. The molecule has 0 amide bonds. The monoisotopic (exact) mass is 362 g/mol. The lowest BCUT2D eigenvalue weighted by Gasteiger charge is -2.18. The maximum absolute atomic E-state index is 12.4. The van der Waals surface area contributed by atoms with Gasteiger partial charge in [0, 0.05) is 30.4 Å². The van der Waals surface area contributed by atoms with Crippen molar-refractivity contribution < 1.29 is 13.2 Å². The van der Waals surface area contributed by atoms with Crippen LogP contribution in [-0.2, 0) is 14.8 Å². The second kappa shape index (κ2) is 6.43. The van der Waals surface area contributed by atoms with Crippen LogP contribution < -0.4 is 5.73 Å². The maximum Gasteiger partial charge on any atom is 0.244 e. The second-order valence-corrected chi connectivity index (χ2v) is 7.90. The largest absolute Gasteiger partial charge is 0.399 e. The van der Waals surface area contributed by atoms with E-state index in [9.17, 15) is 8.42 Å². The van der Waals surface area contributed by atoms with Crippen molar-refractivity contribution in [2.45, 2.75) is 17.7 Å². The predicted octanol–water partition coefficient (Wildman–Crippen LogP) is 2.08. The third-order valence-electron chi connectivity index (χ3n) is 3.25. The molecule has 2 rings (SSSR count). The van der Waals surface area contributed by atoms with Crippen LogP contribution >= 0.6 is 15.9 Å². The molecule has 1 fully saturated rings. The van der Waals surface area contributed by atoms with Gasteiger partial charge in [-0.25, -0.2) is 8.42 Å². The van der Waals surface area contributed by atoms with E-state index in [-0.39, 0.29) is 4.90 Å². The molecule has 0 radical (unpaired) electrons. The zero-order valence-electron chi connectivity index (χ0n) is 11.4. The number of rotatable bonds is 7. The Morgan fingerprint density at radius 3 is 2.75 bits per heavy atom. The average Bonchev–Trinajstić information content (AvgIpc) is 3.17. The van der Waals surface area contributed by atoms with Gasteiger partial charge in [0.2, 0.25) is 10.0 Å². The van der Waals surface area contributed by atoms with Crippen LogP contribution in [-0.4, -0.2) is 39.5 Å². The molecular weight excluding hydrogens is 344 g/mol. The number of likely N-dealkylation sites (N-methyl/N-ethyl adjacent to an activating group) is 1. The van der Waals surface area contributed by atoms with E-state index < -0.39 is 10.0 Å². The second-order valence-electron chi connectivity index (χ2n) is 5.03. The summed E-state index contributed by atoms with van der Waals surface area (Å²) in [7, 11) is -1.97. The number of ether oxygens (including phenoxy) is 1. The van der Waals surface area contributed by atoms with E-state index in [1.807, 2.05) is 0 Å². The van der Waals surface area contributed by atoms with Crippen LogP contribution in [0.2, 0.25) is 0 Å². The molecule has 7 heteroatoms. The highest BCUT2D eigenvalue weighted by atomic mass is 79.9. The molecular formula is C13H19BrN2O3S. The molecule has 5 nitrogen and oxygen atoms in total.